The van der Waals surface area contributed by atoms with Gasteiger partial charge in [-0.3, -0.25) is 0 Å². The summed E-state index contributed by atoms with van der Waals surface area (Å²) in [4.78, 5) is 0.862. The lowest BCUT2D eigenvalue weighted by atomic mass is 10.1. The van der Waals surface area contributed by atoms with Crippen LogP contribution in [0.15, 0.2) is 28.3 Å². The van der Waals surface area contributed by atoms with Crippen molar-refractivity contribution in [1.82, 2.24) is 25.5 Å². The molecule has 0 aliphatic heterocycles. The van der Waals surface area contributed by atoms with E-state index in [4.69, 9.17) is 0 Å². The first kappa shape index (κ1) is 13.5. The summed E-state index contributed by atoms with van der Waals surface area (Å²) in [6.45, 7) is 3.72. The van der Waals surface area contributed by atoms with Crippen LogP contribution in [0.3, 0.4) is 0 Å². The van der Waals surface area contributed by atoms with Gasteiger partial charge in [0.05, 0.1) is 5.56 Å². The second kappa shape index (κ2) is 6.31. The molecule has 19 heavy (non-hydrogen) atoms. The summed E-state index contributed by atoms with van der Waals surface area (Å²) in [6.07, 6.45) is 0. The fourth-order valence-electron chi connectivity index (χ4n) is 1.54. The standard InChI is InChI=1S/C12H14N6S/c1-3-14-8-9-4-5-11(10(6-9)7-13)19-12-15-16-17-18(12)2/h4-6,14H,3,8H2,1-2H3. The summed E-state index contributed by atoms with van der Waals surface area (Å²) in [5.41, 5.74) is 1.74. The molecule has 1 aromatic carbocycles. The summed E-state index contributed by atoms with van der Waals surface area (Å²) >= 11 is 1.39. The van der Waals surface area contributed by atoms with E-state index in [9.17, 15) is 5.26 Å². The minimum atomic E-state index is 0.642. The topological polar surface area (TPSA) is 79.4 Å². The quantitative estimate of drug-likeness (QED) is 0.886. The molecule has 0 atom stereocenters. The van der Waals surface area contributed by atoms with Crippen LogP contribution in [-0.4, -0.2) is 26.8 Å². The van der Waals surface area contributed by atoms with Crippen LogP contribution in [0, 0.1) is 11.3 Å². The van der Waals surface area contributed by atoms with Gasteiger partial charge in [0.1, 0.15) is 6.07 Å². The smallest absolute Gasteiger partial charge is 0.213 e. The first-order chi connectivity index (χ1) is 9.24. The van der Waals surface area contributed by atoms with E-state index in [0.29, 0.717) is 10.7 Å². The summed E-state index contributed by atoms with van der Waals surface area (Å²) in [5.74, 6) is 0. The number of nitriles is 1. The highest BCUT2D eigenvalue weighted by Crippen LogP contribution is 2.28. The lowest BCUT2D eigenvalue weighted by molar-refractivity contribution is 0.664. The Bertz CT molecular complexity index is 601. The van der Waals surface area contributed by atoms with Crippen molar-refractivity contribution in [1.29, 1.82) is 5.26 Å². The first-order valence-electron chi connectivity index (χ1n) is 5.88. The SMILES string of the molecule is CCNCc1ccc(Sc2nnnn2C)c(C#N)c1. The van der Waals surface area contributed by atoms with E-state index >= 15 is 0 Å². The Labute approximate surface area is 115 Å². The highest BCUT2D eigenvalue weighted by molar-refractivity contribution is 7.99. The number of rotatable bonds is 5. The number of aryl methyl sites for hydroxylation is 1. The number of tetrazole rings is 1. The van der Waals surface area contributed by atoms with Crippen LogP contribution in [0.5, 0.6) is 0 Å². The summed E-state index contributed by atoms with van der Waals surface area (Å²) in [7, 11) is 1.77. The van der Waals surface area contributed by atoms with E-state index in [1.54, 1.807) is 11.7 Å². The Morgan fingerprint density at radius 3 is 2.95 bits per heavy atom. The maximum atomic E-state index is 9.22. The third-order valence-corrected chi connectivity index (χ3v) is 3.63. The van der Waals surface area contributed by atoms with Crippen LogP contribution >= 0.6 is 11.8 Å². The molecule has 6 nitrogen and oxygen atoms in total. The predicted octanol–water partition coefficient (Wildman–Crippen LogP) is 1.34. The van der Waals surface area contributed by atoms with Crippen molar-refractivity contribution in [2.45, 2.75) is 23.5 Å². The van der Waals surface area contributed by atoms with Gasteiger partial charge in [-0.1, -0.05) is 13.0 Å². The molecule has 2 rings (SSSR count). The van der Waals surface area contributed by atoms with Gasteiger partial charge in [0.2, 0.25) is 5.16 Å². The third-order valence-electron chi connectivity index (χ3n) is 2.53. The maximum absolute atomic E-state index is 9.22. The fourth-order valence-corrected chi connectivity index (χ4v) is 2.33. The number of nitrogens with one attached hydrogen (secondary N) is 1. The van der Waals surface area contributed by atoms with Crippen LogP contribution in [-0.2, 0) is 13.6 Å². The zero-order chi connectivity index (χ0) is 13.7. The number of benzene rings is 1. The van der Waals surface area contributed by atoms with Gasteiger partial charge in [-0.25, -0.2) is 4.68 Å². The number of nitrogens with zero attached hydrogens (tertiary/aromatic N) is 5. The van der Waals surface area contributed by atoms with Crippen molar-refractivity contribution in [2.24, 2.45) is 7.05 Å². The Kier molecular flexibility index (Phi) is 4.49. The molecule has 1 heterocycles. The van der Waals surface area contributed by atoms with Gasteiger partial charge in [0.15, 0.2) is 0 Å². The van der Waals surface area contributed by atoms with Crippen molar-refractivity contribution in [3.63, 3.8) is 0 Å². The number of aromatic nitrogens is 4. The summed E-state index contributed by atoms with van der Waals surface area (Å²) < 4.78 is 1.58. The van der Waals surface area contributed by atoms with Crippen LogP contribution in [0.4, 0.5) is 0 Å². The molecule has 7 heteroatoms. The zero-order valence-electron chi connectivity index (χ0n) is 10.8. The monoisotopic (exact) mass is 274 g/mol. The maximum Gasteiger partial charge on any atom is 0.213 e. The van der Waals surface area contributed by atoms with E-state index in [0.717, 1.165) is 23.5 Å². The minimum Gasteiger partial charge on any atom is -0.313 e. The lowest BCUT2D eigenvalue weighted by Gasteiger charge is -2.06. The molecule has 0 spiro atoms. The molecule has 2 aromatic rings. The highest BCUT2D eigenvalue weighted by Gasteiger charge is 2.09. The number of hydrogen-bond acceptors (Lipinski definition) is 6. The molecule has 1 N–H and O–H groups in total. The fraction of sp³-hybridized carbons (Fsp3) is 0.333. The molecule has 0 aliphatic rings. The minimum absolute atomic E-state index is 0.642. The molecule has 0 bridgehead atoms. The van der Waals surface area contributed by atoms with E-state index in [2.05, 4.69) is 33.8 Å². The molecule has 0 amide bonds. The average Bonchev–Trinajstić information content (AvgIpc) is 2.83. The number of hydrogen-bond donors (Lipinski definition) is 1. The summed E-state index contributed by atoms with van der Waals surface area (Å²) in [5, 5.41) is 24.4. The molecule has 0 aliphatic carbocycles. The Balaban J connectivity index is 2.22. The molecule has 98 valence electrons. The predicted molar refractivity (Wildman–Crippen MR) is 71.5 cm³/mol. The normalized spacial score (nSPS) is 10.4. The van der Waals surface area contributed by atoms with Crippen molar-refractivity contribution in [2.75, 3.05) is 6.54 Å². The summed E-state index contributed by atoms with van der Waals surface area (Å²) in [6, 6.07) is 8.06. The van der Waals surface area contributed by atoms with Gasteiger partial charge in [0.25, 0.3) is 0 Å². The van der Waals surface area contributed by atoms with Crippen LogP contribution in [0.2, 0.25) is 0 Å². The van der Waals surface area contributed by atoms with Crippen molar-refractivity contribution in [3.05, 3.63) is 29.3 Å². The lowest BCUT2D eigenvalue weighted by Crippen LogP contribution is -2.11. The first-order valence-corrected chi connectivity index (χ1v) is 6.70. The molecule has 0 unspecified atom stereocenters. The van der Waals surface area contributed by atoms with Crippen molar-refractivity contribution < 1.29 is 0 Å². The molecule has 1 aromatic heterocycles. The average molecular weight is 274 g/mol. The molecule has 0 saturated heterocycles. The van der Waals surface area contributed by atoms with E-state index in [-0.39, 0.29) is 0 Å². The van der Waals surface area contributed by atoms with Gasteiger partial charge < -0.3 is 5.32 Å². The van der Waals surface area contributed by atoms with Gasteiger partial charge in [-0.05, 0) is 46.4 Å². The van der Waals surface area contributed by atoms with Crippen LogP contribution < -0.4 is 5.32 Å². The molecule has 0 saturated carbocycles. The largest absolute Gasteiger partial charge is 0.313 e. The van der Waals surface area contributed by atoms with Crippen molar-refractivity contribution >= 4 is 11.8 Å². The molecular weight excluding hydrogens is 260 g/mol. The highest BCUT2D eigenvalue weighted by atomic mass is 32.2. The Hall–Kier alpha value is -1.91. The van der Waals surface area contributed by atoms with E-state index < -0.39 is 0 Å². The van der Waals surface area contributed by atoms with E-state index in [1.165, 1.54) is 11.8 Å². The Morgan fingerprint density at radius 2 is 2.32 bits per heavy atom. The molecular formula is C12H14N6S. The molecule has 0 radical (unpaired) electrons. The van der Waals surface area contributed by atoms with Gasteiger partial charge in [-0.2, -0.15) is 5.26 Å². The second-order valence-corrected chi connectivity index (χ2v) is 4.92. The van der Waals surface area contributed by atoms with E-state index in [1.807, 2.05) is 18.2 Å². The van der Waals surface area contributed by atoms with Gasteiger partial charge in [0, 0.05) is 18.5 Å². The van der Waals surface area contributed by atoms with Gasteiger partial charge >= 0.3 is 0 Å². The second-order valence-electron chi connectivity index (χ2n) is 3.91. The van der Waals surface area contributed by atoms with Crippen molar-refractivity contribution in [3.8, 4) is 6.07 Å². The van der Waals surface area contributed by atoms with Crippen LogP contribution in [0.1, 0.15) is 18.1 Å². The zero-order valence-corrected chi connectivity index (χ0v) is 11.6. The van der Waals surface area contributed by atoms with Crippen LogP contribution in [0.25, 0.3) is 0 Å². The molecule has 0 fully saturated rings. The Morgan fingerprint density at radius 1 is 1.47 bits per heavy atom. The third kappa shape index (κ3) is 3.30. The van der Waals surface area contributed by atoms with Gasteiger partial charge in [-0.15, -0.1) is 5.10 Å².